The fourth-order valence-corrected chi connectivity index (χ4v) is 1.04. The Morgan fingerprint density at radius 2 is 2.25 bits per heavy atom. The van der Waals surface area contributed by atoms with Crippen molar-refractivity contribution in [2.45, 2.75) is 26.7 Å². The van der Waals surface area contributed by atoms with Gasteiger partial charge in [0.05, 0.1) is 0 Å². The van der Waals surface area contributed by atoms with E-state index < -0.39 is 0 Å². The lowest BCUT2D eigenvalue weighted by atomic mass is 10.0. The van der Waals surface area contributed by atoms with Crippen LogP contribution in [0.3, 0.4) is 0 Å². The Labute approximate surface area is 57.2 Å². The summed E-state index contributed by atoms with van der Waals surface area (Å²) < 4.78 is 0. The highest BCUT2D eigenvalue weighted by molar-refractivity contribution is 6.17. The first-order chi connectivity index (χ1) is 3.81. The summed E-state index contributed by atoms with van der Waals surface area (Å²) in [5, 5.41) is 0. The van der Waals surface area contributed by atoms with Crippen LogP contribution >= 0.6 is 11.6 Å². The van der Waals surface area contributed by atoms with E-state index in [1.165, 1.54) is 0 Å². The van der Waals surface area contributed by atoms with E-state index in [1.54, 1.807) is 0 Å². The van der Waals surface area contributed by atoms with Gasteiger partial charge in [0.25, 0.3) is 0 Å². The maximum Gasteiger partial charge on any atom is 0.0226 e. The van der Waals surface area contributed by atoms with Gasteiger partial charge < -0.3 is 0 Å². The maximum absolute atomic E-state index is 5.51. The zero-order valence-electron chi connectivity index (χ0n) is 5.65. The molecule has 0 saturated heterocycles. The van der Waals surface area contributed by atoms with Crippen LogP contribution in [0, 0.1) is 12.3 Å². The Bertz CT molecular complexity index is 37.7. The predicted octanol–water partition coefficient (Wildman–Crippen LogP) is 2.87. The molecule has 1 atom stereocenters. The van der Waals surface area contributed by atoms with Gasteiger partial charge in [0.1, 0.15) is 0 Å². The highest BCUT2D eigenvalue weighted by Gasteiger charge is 1.97. The average Bonchev–Trinajstić information content (AvgIpc) is 1.68. The fourth-order valence-electron chi connectivity index (χ4n) is 0.692. The summed E-state index contributed by atoms with van der Waals surface area (Å²) in [6.45, 7) is 4.36. The Balaban J connectivity index is 2.92. The molecule has 0 fully saturated rings. The van der Waals surface area contributed by atoms with Crippen molar-refractivity contribution in [2.75, 3.05) is 5.88 Å². The van der Waals surface area contributed by atoms with Crippen LogP contribution in [-0.4, -0.2) is 5.88 Å². The first kappa shape index (κ1) is 8.29. The topological polar surface area (TPSA) is 0 Å². The molecule has 1 radical (unpaired) electrons. The first-order valence-corrected chi connectivity index (χ1v) is 3.74. The summed E-state index contributed by atoms with van der Waals surface area (Å²) in [6, 6.07) is 0. The molecule has 0 aliphatic carbocycles. The van der Waals surface area contributed by atoms with Crippen molar-refractivity contribution in [1.29, 1.82) is 0 Å². The molecule has 8 heavy (non-hydrogen) atoms. The maximum atomic E-state index is 5.51. The normalized spacial score (nSPS) is 13.9. The number of hydrogen-bond acceptors (Lipinski definition) is 0. The number of alkyl halides is 1. The van der Waals surface area contributed by atoms with Crippen LogP contribution in [0.4, 0.5) is 0 Å². The first-order valence-electron chi connectivity index (χ1n) is 3.20. The van der Waals surface area contributed by atoms with Crippen molar-refractivity contribution in [3.05, 3.63) is 6.42 Å². The molecule has 0 bridgehead atoms. The van der Waals surface area contributed by atoms with Crippen LogP contribution in [-0.2, 0) is 0 Å². The van der Waals surface area contributed by atoms with Crippen LogP contribution in [0.2, 0.25) is 0 Å². The molecule has 0 spiro atoms. The van der Waals surface area contributed by atoms with Crippen LogP contribution in [0.15, 0.2) is 0 Å². The molecule has 1 heteroatoms. The number of halogens is 1. The van der Waals surface area contributed by atoms with E-state index in [2.05, 4.69) is 20.3 Å². The molecule has 0 saturated carbocycles. The summed E-state index contributed by atoms with van der Waals surface area (Å²) in [5.74, 6) is 1.50. The minimum atomic E-state index is 0.706. The van der Waals surface area contributed by atoms with Gasteiger partial charge in [-0.3, -0.25) is 0 Å². The minimum Gasteiger partial charge on any atom is -0.127 e. The van der Waals surface area contributed by atoms with Crippen molar-refractivity contribution in [1.82, 2.24) is 0 Å². The average molecular weight is 134 g/mol. The van der Waals surface area contributed by atoms with E-state index >= 15 is 0 Å². The molecule has 0 rings (SSSR count). The van der Waals surface area contributed by atoms with E-state index in [0.717, 1.165) is 18.7 Å². The van der Waals surface area contributed by atoms with Gasteiger partial charge in [-0.25, -0.2) is 0 Å². The van der Waals surface area contributed by atoms with Crippen LogP contribution in [0.1, 0.15) is 26.7 Å². The second kappa shape index (κ2) is 5.43. The van der Waals surface area contributed by atoms with Gasteiger partial charge >= 0.3 is 0 Å². The third-order valence-electron chi connectivity index (χ3n) is 1.20. The van der Waals surface area contributed by atoms with Crippen LogP contribution < -0.4 is 0 Å². The SMILES string of the molecule is CC[CH]C(C)CCCl. The monoisotopic (exact) mass is 133 g/mol. The van der Waals surface area contributed by atoms with Crippen molar-refractivity contribution >= 4 is 11.6 Å². The highest BCUT2D eigenvalue weighted by atomic mass is 35.5. The third kappa shape index (κ3) is 4.45. The third-order valence-corrected chi connectivity index (χ3v) is 1.42. The van der Waals surface area contributed by atoms with Gasteiger partial charge in [0, 0.05) is 5.88 Å². The molecule has 0 aliphatic rings. The number of hydrogen-bond donors (Lipinski definition) is 0. The van der Waals surface area contributed by atoms with Gasteiger partial charge in [-0.1, -0.05) is 20.3 Å². The quantitative estimate of drug-likeness (QED) is 0.518. The summed E-state index contributed by atoms with van der Waals surface area (Å²) in [4.78, 5) is 0. The second-order valence-corrected chi connectivity index (χ2v) is 2.48. The molecule has 0 aromatic rings. The van der Waals surface area contributed by atoms with Crippen molar-refractivity contribution in [3.63, 3.8) is 0 Å². The Hall–Kier alpha value is 0.290. The van der Waals surface area contributed by atoms with E-state index in [-0.39, 0.29) is 0 Å². The van der Waals surface area contributed by atoms with Crippen molar-refractivity contribution < 1.29 is 0 Å². The van der Waals surface area contributed by atoms with Gasteiger partial charge in [-0.05, 0) is 18.8 Å². The highest BCUT2D eigenvalue weighted by Crippen LogP contribution is 2.08. The molecule has 0 heterocycles. The Kier molecular flexibility index (Phi) is 5.62. The van der Waals surface area contributed by atoms with E-state index in [9.17, 15) is 0 Å². The molecule has 0 aromatic heterocycles. The molecule has 0 nitrogen and oxygen atoms in total. The molecule has 1 unspecified atom stereocenters. The molecule has 49 valence electrons. The molecule has 0 amide bonds. The van der Waals surface area contributed by atoms with Gasteiger partial charge in [0.2, 0.25) is 0 Å². The van der Waals surface area contributed by atoms with Crippen LogP contribution in [0.5, 0.6) is 0 Å². The van der Waals surface area contributed by atoms with Crippen LogP contribution in [0.25, 0.3) is 0 Å². The lowest BCUT2D eigenvalue weighted by Crippen LogP contribution is -1.94. The van der Waals surface area contributed by atoms with E-state index in [0.29, 0.717) is 5.92 Å². The lowest BCUT2D eigenvalue weighted by Gasteiger charge is -2.04. The lowest BCUT2D eigenvalue weighted by molar-refractivity contribution is 0.629. The Morgan fingerprint density at radius 3 is 2.62 bits per heavy atom. The molecular formula is C7H14Cl. The zero-order chi connectivity index (χ0) is 6.41. The van der Waals surface area contributed by atoms with E-state index in [1.807, 2.05) is 0 Å². The second-order valence-electron chi connectivity index (χ2n) is 2.10. The minimum absolute atomic E-state index is 0.706. The fraction of sp³-hybridized carbons (Fsp3) is 0.857. The van der Waals surface area contributed by atoms with Gasteiger partial charge in [0.15, 0.2) is 0 Å². The van der Waals surface area contributed by atoms with Crippen molar-refractivity contribution in [3.8, 4) is 0 Å². The predicted molar refractivity (Wildman–Crippen MR) is 39.1 cm³/mol. The summed E-state index contributed by atoms with van der Waals surface area (Å²) in [7, 11) is 0. The number of rotatable bonds is 4. The van der Waals surface area contributed by atoms with Gasteiger partial charge in [-0.2, -0.15) is 0 Å². The summed E-state index contributed by atoms with van der Waals surface area (Å²) in [6.07, 6.45) is 4.58. The molecular weight excluding hydrogens is 120 g/mol. The smallest absolute Gasteiger partial charge is 0.0226 e. The van der Waals surface area contributed by atoms with E-state index in [4.69, 9.17) is 11.6 Å². The molecule has 0 aromatic carbocycles. The summed E-state index contributed by atoms with van der Waals surface area (Å²) in [5.41, 5.74) is 0. The largest absolute Gasteiger partial charge is 0.127 e. The summed E-state index contributed by atoms with van der Waals surface area (Å²) >= 11 is 5.51. The molecule has 0 N–H and O–H groups in total. The standard InChI is InChI=1S/C7H14Cl/c1-3-4-7(2)5-6-8/h4,7H,3,5-6H2,1-2H3. The molecule has 0 aliphatic heterocycles. The Morgan fingerprint density at radius 1 is 1.62 bits per heavy atom. The zero-order valence-corrected chi connectivity index (χ0v) is 6.41. The van der Waals surface area contributed by atoms with Gasteiger partial charge in [-0.15, -0.1) is 11.6 Å². The van der Waals surface area contributed by atoms with Crippen molar-refractivity contribution in [2.24, 2.45) is 5.92 Å².